The summed E-state index contributed by atoms with van der Waals surface area (Å²) in [4.78, 5) is 14.3. The van der Waals surface area contributed by atoms with Gasteiger partial charge in [0.05, 0.1) is 33.1 Å². The van der Waals surface area contributed by atoms with Crippen LogP contribution < -0.4 is 5.43 Å². The van der Waals surface area contributed by atoms with Crippen LogP contribution in [-0.2, 0) is 0 Å². The average molecular weight is 741 g/mol. The van der Waals surface area contributed by atoms with E-state index >= 15 is 0 Å². The van der Waals surface area contributed by atoms with Crippen LogP contribution in [0.4, 0.5) is 0 Å². The molecular formula is C55H36N2O. The zero-order valence-electron chi connectivity index (χ0n) is 31.6. The topological polar surface area (TPSA) is 26.9 Å². The van der Waals surface area contributed by atoms with Crippen molar-refractivity contribution in [2.24, 2.45) is 0 Å². The molecule has 0 atom stereocenters. The van der Waals surface area contributed by atoms with Gasteiger partial charge in [0.2, 0.25) is 0 Å². The van der Waals surface area contributed by atoms with Crippen LogP contribution in [0.3, 0.4) is 0 Å². The molecule has 0 unspecified atom stereocenters. The van der Waals surface area contributed by atoms with Crippen LogP contribution in [-0.4, -0.2) is 9.13 Å². The lowest BCUT2D eigenvalue weighted by Crippen LogP contribution is -2.11. The predicted octanol–water partition coefficient (Wildman–Crippen LogP) is 13.9. The van der Waals surface area contributed by atoms with Gasteiger partial charge in [-0.3, -0.25) is 4.79 Å². The van der Waals surface area contributed by atoms with Crippen molar-refractivity contribution < 1.29 is 0 Å². The van der Waals surface area contributed by atoms with Crippen molar-refractivity contribution in [3.8, 4) is 55.9 Å². The van der Waals surface area contributed by atoms with Crippen molar-refractivity contribution in [2.75, 3.05) is 0 Å². The van der Waals surface area contributed by atoms with Gasteiger partial charge in [-0.05, 0) is 99.6 Å². The van der Waals surface area contributed by atoms with E-state index in [1.807, 2.05) is 42.5 Å². The Hall–Kier alpha value is -7.75. The zero-order valence-corrected chi connectivity index (χ0v) is 31.6. The molecule has 9 aromatic carbocycles. The van der Waals surface area contributed by atoms with Gasteiger partial charge < -0.3 is 9.13 Å². The molecule has 11 rings (SSSR count). The summed E-state index contributed by atoms with van der Waals surface area (Å²) < 4.78 is 4.62. The first-order valence-electron chi connectivity index (χ1n) is 19.7. The molecule has 3 heteroatoms. The van der Waals surface area contributed by atoms with Crippen LogP contribution in [0.1, 0.15) is 0 Å². The maximum atomic E-state index is 14.3. The Balaban J connectivity index is 1.07. The number of benzene rings is 9. The van der Waals surface area contributed by atoms with Gasteiger partial charge in [-0.15, -0.1) is 0 Å². The van der Waals surface area contributed by atoms with E-state index in [4.69, 9.17) is 0 Å². The van der Waals surface area contributed by atoms with Crippen molar-refractivity contribution in [2.45, 2.75) is 0 Å². The van der Waals surface area contributed by atoms with Crippen molar-refractivity contribution >= 4 is 43.6 Å². The largest absolute Gasteiger partial charge is 0.309 e. The first kappa shape index (κ1) is 33.6. The van der Waals surface area contributed by atoms with Crippen LogP contribution >= 0.6 is 0 Å². The molecule has 272 valence electrons. The molecule has 2 heterocycles. The maximum Gasteiger partial charge on any atom is 0.197 e. The molecule has 0 aliphatic rings. The number of para-hydroxylation sites is 3. The Morgan fingerprint density at radius 3 is 1.40 bits per heavy atom. The molecule has 0 aliphatic carbocycles. The third-order valence-electron chi connectivity index (χ3n) is 11.5. The molecule has 0 N–H and O–H groups in total. The Kier molecular flexibility index (Phi) is 7.97. The van der Waals surface area contributed by atoms with E-state index in [0.29, 0.717) is 10.8 Å². The molecule has 0 bridgehead atoms. The quantitative estimate of drug-likeness (QED) is 0.156. The third kappa shape index (κ3) is 5.48. The standard InChI is InChI=1S/C55H36N2O/c58-55-46-22-11-13-25-50(46)56(43-19-8-3-9-20-43)53-26-14-23-45(54(53)55)40-29-27-39(28-30-40)44-21-10-12-24-49(44)57-51-33-31-41(37-15-4-1-5-16-37)35-47(51)48-36-42(32-34-52(48)57)38-17-6-2-7-18-38/h1-36H. The van der Waals surface area contributed by atoms with Gasteiger partial charge in [0.15, 0.2) is 5.43 Å². The Morgan fingerprint density at radius 2 is 0.759 bits per heavy atom. The fourth-order valence-corrected chi connectivity index (χ4v) is 8.83. The molecule has 0 spiro atoms. The highest BCUT2D eigenvalue weighted by Crippen LogP contribution is 2.40. The Bertz CT molecular complexity index is 3280. The van der Waals surface area contributed by atoms with Crippen LogP contribution in [0.15, 0.2) is 223 Å². The van der Waals surface area contributed by atoms with Crippen LogP contribution in [0.5, 0.6) is 0 Å². The van der Waals surface area contributed by atoms with E-state index in [-0.39, 0.29) is 5.43 Å². The minimum atomic E-state index is 0.0417. The number of rotatable bonds is 6. The highest BCUT2D eigenvalue weighted by Gasteiger charge is 2.19. The highest BCUT2D eigenvalue weighted by molar-refractivity contribution is 6.12. The number of hydrogen-bond donors (Lipinski definition) is 0. The lowest BCUT2D eigenvalue weighted by molar-refractivity contribution is 1.16. The smallest absolute Gasteiger partial charge is 0.197 e. The molecule has 0 amide bonds. The summed E-state index contributed by atoms with van der Waals surface area (Å²) in [6, 6.07) is 76.7. The molecule has 0 saturated carbocycles. The zero-order chi connectivity index (χ0) is 38.6. The number of pyridine rings is 1. The first-order valence-corrected chi connectivity index (χ1v) is 19.7. The molecule has 0 saturated heterocycles. The SMILES string of the molecule is O=c1c2ccccc2n(-c2ccccc2)c2cccc(-c3ccc(-c4ccccc4-n4c5ccc(-c6ccccc6)cc5c5cc(-c6ccccc6)ccc54)cc3)c12. The minimum absolute atomic E-state index is 0.0417. The summed E-state index contributed by atoms with van der Waals surface area (Å²) in [5, 5.41) is 3.84. The van der Waals surface area contributed by atoms with E-state index in [1.54, 1.807) is 0 Å². The second kappa shape index (κ2) is 13.8. The summed E-state index contributed by atoms with van der Waals surface area (Å²) in [5.74, 6) is 0. The fourth-order valence-electron chi connectivity index (χ4n) is 8.83. The van der Waals surface area contributed by atoms with Crippen molar-refractivity contribution in [3.05, 3.63) is 229 Å². The van der Waals surface area contributed by atoms with Crippen molar-refractivity contribution in [1.29, 1.82) is 0 Å². The van der Waals surface area contributed by atoms with Gasteiger partial charge in [-0.2, -0.15) is 0 Å². The van der Waals surface area contributed by atoms with Gasteiger partial charge in [-0.25, -0.2) is 0 Å². The molecule has 3 nitrogen and oxygen atoms in total. The second-order valence-electron chi connectivity index (χ2n) is 14.8. The fraction of sp³-hybridized carbons (Fsp3) is 0. The summed E-state index contributed by atoms with van der Waals surface area (Å²) >= 11 is 0. The van der Waals surface area contributed by atoms with Crippen molar-refractivity contribution in [3.63, 3.8) is 0 Å². The third-order valence-corrected chi connectivity index (χ3v) is 11.5. The van der Waals surface area contributed by atoms with E-state index in [1.165, 1.54) is 33.0 Å². The minimum Gasteiger partial charge on any atom is -0.309 e. The Labute approximate surface area is 336 Å². The van der Waals surface area contributed by atoms with Gasteiger partial charge in [0.25, 0.3) is 0 Å². The summed E-state index contributed by atoms with van der Waals surface area (Å²) in [6.07, 6.45) is 0. The highest BCUT2D eigenvalue weighted by atomic mass is 16.1. The monoisotopic (exact) mass is 740 g/mol. The van der Waals surface area contributed by atoms with Crippen molar-refractivity contribution in [1.82, 2.24) is 9.13 Å². The van der Waals surface area contributed by atoms with Gasteiger partial charge >= 0.3 is 0 Å². The number of aromatic nitrogens is 2. The number of fused-ring (bicyclic) bond motifs is 5. The van der Waals surface area contributed by atoms with E-state index in [9.17, 15) is 4.79 Å². The lowest BCUT2D eigenvalue weighted by Gasteiger charge is -2.17. The molecule has 0 radical (unpaired) electrons. The molecule has 0 fully saturated rings. The van der Waals surface area contributed by atoms with Crippen LogP contribution in [0.25, 0.3) is 99.5 Å². The molecular weight excluding hydrogens is 705 g/mol. The maximum absolute atomic E-state index is 14.3. The number of nitrogens with zero attached hydrogens (tertiary/aromatic N) is 2. The van der Waals surface area contributed by atoms with Gasteiger partial charge in [-0.1, -0.05) is 158 Å². The predicted molar refractivity (Wildman–Crippen MR) is 243 cm³/mol. The van der Waals surface area contributed by atoms with Crippen LogP contribution in [0.2, 0.25) is 0 Å². The van der Waals surface area contributed by atoms with Gasteiger partial charge in [0, 0.05) is 27.4 Å². The van der Waals surface area contributed by atoms with Gasteiger partial charge in [0.1, 0.15) is 0 Å². The van der Waals surface area contributed by atoms with E-state index in [2.05, 4.69) is 185 Å². The Morgan fingerprint density at radius 1 is 0.293 bits per heavy atom. The summed E-state index contributed by atoms with van der Waals surface area (Å²) in [6.45, 7) is 0. The first-order chi connectivity index (χ1) is 28.7. The summed E-state index contributed by atoms with van der Waals surface area (Å²) in [7, 11) is 0. The number of hydrogen-bond acceptors (Lipinski definition) is 1. The molecule has 0 aliphatic heterocycles. The lowest BCUT2D eigenvalue weighted by atomic mass is 9.95. The average Bonchev–Trinajstić information content (AvgIpc) is 3.63. The molecule has 58 heavy (non-hydrogen) atoms. The normalized spacial score (nSPS) is 11.5. The molecule has 11 aromatic rings. The van der Waals surface area contributed by atoms with Crippen LogP contribution in [0, 0.1) is 0 Å². The second-order valence-corrected chi connectivity index (χ2v) is 14.8. The summed E-state index contributed by atoms with van der Waals surface area (Å²) in [5.41, 5.74) is 15.2. The molecule has 2 aromatic heterocycles. The van der Waals surface area contributed by atoms with E-state index < -0.39 is 0 Å². The van der Waals surface area contributed by atoms with E-state index in [0.717, 1.165) is 55.7 Å².